The van der Waals surface area contributed by atoms with Gasteiger partial charge in [-0.25, -0.2) is 4.99 Å². The second-order valence-corrected chi connectivity index (χ2v) is 8.59. The molecule has 0 aliphatic carbocycles. The maximum absolute atomic E-state index is 13.5. The van der Waals surface area contributed by atoms with Gasteiger partial charge in [-0.2, -0.15) is 5.26 Å². The summed E-state index contributed by atoms with van der Waals surface area (Å²) in [5.41, 5.74) is 7.10. The van der Waals surface area contributed by atoms with Gasteiger partial charge in [0.1, 0.15) is 17.1 Å². The van der Waals surface area contributed by atoms with E-state index in [2.05, 4.69) is 6.07 Å². The van der Waals surface area contributed by atoms with Gasteiger partial charge in [-0.05, 0) is 54.3 Å². The highest BCUT2D eigenvalue weighted by Gasteiger charge is 2.58. The molecular formula is C24H24N4O4. The Balaban J connectivity index is 1.68. The zero-order valence-corrected chi connectivity index (χ0v) is 18.1. The van der Waals surface area contributed by atoms with Crippen molar-refractivity contribution in [3.05, 3.63) is 47.5 Å². The lowest BCUT2D eigenvalue weighted by atomic mass is 9.74. The van der Waals surface area contributed by atoms with E-state index >= 15 is 0 Å². The van der Waals surface area contributed by atoms with Crippen molar-refractivity contribution in [1.29, 1.82) is 5.26 Å². The SMILES string of the molecule is COc1cc(C#N)cc(-c2ccc3c(c2)C2(CC4(CCCOC4)O3)N=C(N)N(C)C2=O)c1. The predicted molar refractivity (Wildman–Crippen MR) is 117 cm³/mol. The number of benzene rings is 2. The van der Waals surface area contributed by atoms with Gasteiger partial charge in [0.15, 0.2) is 11.5 Å². The Labute approximate surface area is 186 Å². The Morgan fingerprint density at radius 2 is 2.09 bits per heavy atom. The van der Waals surface area contributed by atoms with E-state index in [1.165, 1.54) is 4.90 Å². The van der Waals surface area contributed by atoms with E-state index < -0.39 is 11.1 Å². The first-order chi connectivity index (χ1) is 15.4. The molecule has 5 rings (SSSR count). The topological polar surface area (TPSA) is 110 Å². The number of hydrogen-bond acceptors (Lipinski definition) is 7. The van der Waals surface area contributed by atoms with Crippen LogP contribution in [0, 0.1) is 11.3 Å². The van der Waals surface area contributed by atoms with Crippen molar-refractivity contribution in [3.8, 4) is 28.7 Å². The number of carbonyl (C=O) groups is 1. The number of nitriles is 1. The highest BCUT2D eigenvalue weighted by Crippen LogP contribution is 2.51. The molecule has 2 atom stereocenters. The molecule has 2 aromatic rings. The van der Waals surface area contributed by atoms with Crippen LogP contribution in [0.2, 0.25) is 0 Å². The van der Waals surface area contributed by atoms with E-state index in [4.69, 9.17) is 24.9 Å². The second kappa shape index (κ2) is 7.24. The predicted octanol–water partition coefficient (Wildman–Crippen LogP) is 2.55. The molecule has 0 radical (unpaired) electrons. The van der Waals surface area contributed by atoms with Gasteiger partial charge in [-0.15, -0.1) is 0 Å². The van der Waals surface area contributed by atoms with Crippen LogP contribution in [-0.2, 0) is 15.1 Å². The molecule has 0 aromatic heterocycles. The molecule has 3 aliphatic rings. The van der Waals surface area contributed by atoms with Crippen molar-refractivity contribution in [2.45, 2.75) is 30.4 Å². The Hall–Kier alpha value is -3.57. The Morgan fingerprint density at radius 3 is 2.75 bits per heavy atom. The summed E-state index contributed by atoms with van der Waals surface area (Å²) in [6.07, 6.45) is 2.00. The van der Waals surface area contributed by atoms with Crippen molar-refractivity contribution >= 4 is 11.9 Å². The number of nitrogens with zero attached hydrogens (tertiary/aromatic N) is 3. The first-order valence-electron chi connectivity index (χ1n) is 10.5. The zero-order chi connectivity index (χ0) is 22.5. The third kappa shape index (κ3) is 3.00. The standard InChI is InChI=1S/C24H24N4O4/c1-28-21(29)24(27-22(28)26)13-23(6-3-7-31-14-23)32-20-5-4-16(11-19(20)24)17-8-15(12-25)9-18(10-17)30-2/h4-5,8-11H,3,6-7,13-14H2,1-2H3,(H2,26,27). The molecule has 3 heterocycles. The lowest BCUT2D eigenvalue weighted by molar-refractivity contribution is -0.139. The number of aliphatic imine (C=N–C) groups is 1. The van der Waals surface area contributed by atoms with Gasteiger partial charge in [-0.1, -0.05) is 6.07 Å². The molecule has 1 amide bonds. The number of guanidine groups is 1. The van der Waals surface area contributed by atoms with E-state index in [-0.39, 0.29) is 11.9 Å². The summed E-state index contributed by atoms with van der Waals surface area (Å²) in [5, 5.41) is 9.40. The maximum atomic E-state index is 13.5. The van der Waals surface area contributed by atoms with Gasteiger partial charge in [-0.3, -0.25) is 9.69 Å². The summed E-state index contributed by atoms with van der Waals surface area (Å²) in [7, 11) is 3.20. The summed E-state index contributed by atoms with van der Waals surface area (Å²) in [5.74, 6) is 1.20. The third-order valence-corrected chi connectivity index (χ3v) is 6.53. The van der Waals surface area contributed by atoms with Crippen LogP contribution >= 0.6 is 0 Å². The number of nitrogens with two attached hydrogens (primary N) is 1. The maximum Gasteiger partial charge on any atom is 0.261 e. The molecule has 1 fully saturated rings. The van der Waals surface area contributed by atoms with Crippen LogP contribution in [0.25, 0.3) is 11.1 Å². The summed E-state index contributed by atoms with van der Waals surface area (Å²) >= 11 is 0. The van der Waals surface area contributed by atoms with Gasteiger partial charge >= 0.3 is 0 Å². The number of methoxy groups -OCH3 is 1. The minimum absolute atomic E-state index is 0.176. The van der Waals surface area contributed by atoms with E-state index in [1.807, 2.05) is 24.3 Å². The molecule has 0 bridgehead atoms. The van der Waals surface area contributed by atoms with Crippen molar-refractivity contribution in [3.63, 3.8) is 0 Å². The minimum Gasteiger partial charge on any atom is -0.497 e. The van der Waals surface area contributed by atoms with E-state index in [9.17, 15) is 10.1 Å². The van der Waals surface area contributed by atoms with Crippen molar-refractivity contribution in [2.24, 2.45) is 10.7 Å². The number of carbonyl (C=O) groups excluding carboxylic acids is 1. The molecule has 2 aromatic carbocycles. The number of fused-ring (bicyclic) bond motifs is 2. The van der Waals surface area contributed by atoms with E-state index in [1.54, 1.807) is 26.3 Å². The lowest BCUT2D eigenvalue weighted by Crippen LogP contribution is -2.55. The van der Waals surface area contributed by atoms with Crippen LogP contribution < -0.4 is 15.2 Å². The molecule has 8 nitrogen and oxygen atoms in total. The molecular weight excluding hydrogens is 408 g/mol. The van der Waals surface area contributed by atoms with Gasteiger partial charge in [0.05, 0.1) is 25.3 Å². The molecule has 3 aliphatic heterocycles. The van der Waals surface area contributed by atoms with Gasteiger partial charge in [0, 0.05) is 25.6 Å². The van der Waals surface area contributed by atoms with Gasteiger partial charge in [0.2, 0.25) is 0 Å². The van der Waals surface area contributed by atoms with Crippen LogP contribution in [0.1, 0.15) is 30.4 Å². The number of rotatable bonds is 2. The minimum atomic E-state index is -1.17. The molecule has 32 heavy (non-hydrogen) atoms. The quantitative estimate of drug-likeness (QED) is 0.781. The Morgan fingerprint density at radius 1 is 1.25 bits per heavy atom. The first-order valence-corrected chi connectivity index (χ1v) is 10.5. The number of hydrogen-bond donors (Lipinski definition) is 1. The second-order valence-electron chi connectivity index (χ2n) is 8.59. The molecule has 2 spiro atoms. The van der Waals surface area contributed by atoms with Crippen molar-refractivity contribution < 1.29 is 19.0 Å². The molecule has 1 saturated heterocycles. The fourth-order valence-electron chi connectivity index (χ4n) is 4.94. The molecule has 8 heteroatoms. The van der Waals surface area contributed by atoms with Crippen molar-refractivity contribution in [2.75, 3.05) is 27.4 Å². The van der Waals surface area contributed by atoms with Crippen LogP contribution in [0.15, 0.2) is 41.4 Å². The average Bonchev–Trinajstić information content (AvgIpc) is 3.02. The molecule has 164 valence electrons. The third-order valence-electron chi connectivity index (χ3n) is 6.53. The average molecular weight is 432 g/mol. The van der Waals surface area contributed by atoms with Crippen LogP contribution in [0.3, 0.4) is 0 Å². The van der Waals surface area contributed by atoms with E-state index in [0.29, 0.717) is 42.3 Å². The summed E-state index contributed by atoms with van der Waals surface area (Å²) < 4.78 is 17.6. The monoisotopic (exact) mass is 432 g/mol. The van der Waals surface area contributed by atoms with Crippen LogP contribution in [0.4, 0.5) is 0 Å². The molecule has 2 unspecified atom stereocenters. The molecule has 0 saturated carbocycles. The smallest absolute Gasteiger partial charge is 0.261 e. The summed E-state index contributed by atoms with van der Waals surface area (Å²) in [4.78, 5) is 19.6. The van der Waals surface area contributed by atoms with Gasteiger partial charge in [0.25, 0.3) is 5.91 Å². The first kappa shape index (κ1) is 20.3. The fraction of sp³-hybridized carbons (Fsp3) is 0.375. The van der Waals surface area contributed by atoms with Crippen molar-refractivity contribution in [1.82, 2.24) is 4.90 Å². The fourth-order valence-corrected chi connectivity index (χ4v) is 4.94. The lowest BCUT2D eigenvalue weighted by Gasteiger charge is -2.46. The summed E-state index contributed by atoms with van der Waals surface area (Å²) in [6.45, 7) is 1.09. The largest absolute Gasteiger partial charge is 0.497 e. The number of amides is 1. The van der Waals surface area contributed by atoms with Gasteiger partial charge < -0.3 is 19.9 Å². The van der Waals surface area contributed by atoms with E-state index in [0.717, 1.165) is 24.0 Å². The van der Waals surface area contributed by atoms with Crippen LogP contribution in [0.5, 0.6) is 11.5 Å². The molecule has 2 N–H and O–H groups in total. The normalized spacial score (nSPS) is 26.5. The number of likely N-dealkylation sites (N-methyl/N-ethyl adjacent to an activating group) is 1. The Bertz CT molecular complexity index is 1180. The highest BCUT2D eigenvalue weighted by atomic mass is 16.5. The Kier molecular flexibility index (Phi) is 4.60. The zero-order valence-electron chi connectivity index (χ0n) is 18.1. The van der Waals surface area contributed by atoms with Crippen LogP contribution in [-0.4, -0.2) is 49.7 Å². The highest BCUT2D eigenvalue weighted by molar-refractivity contribution is 6.07. The number of ether oxygens (including phenoxy) is 3. The summed E-state index contributed by atoms with van der Waals surface area (Å²) in [6, 6.07) is 13.2.